The fourth-order valence-corrected chi connectivity index (χ4v) is 2.55. The highest BCUT2D eigenvalue weighted by atomic mass is 19.3. The number of hydrogen-bond acceptors (Lipinski definition) is 3. The Bertz CT molecular complexity index is 480. The number of carbonyl (C=O) groups excluding carboxylic acids is 1. The zero-order valence-corrected chi connectivity index (χ0v) is 11.9. The van der Waals surface area contributed by atoms with E-state index in [2.05, 4.69) is 10.4 Å². The van der Waals surface area contributed by atoms with Gasteiger partial charge < -0.3 is 15.3 Å². The molecule has 0 bridgehead atoms. The van der Waals surface area contributed by atoms with Gasteiger partial charge in [0, 0.05) is 25.7 Å². The van der Waals surface area contributed by atoms with Crippen molar-refractivity contribution in [2.24, 2.45) is 5.92 Å². The molecule has 0 aliphatic heterocycles. The quantitative estimate of drug-likeness (QED) is 0.871. The molecule has 2 N–H and O–H groups in total. The number of aliphatic hydroxyl groups is 1. The van der Waals surface area contributed by atoms with E-state index in [0.717, 1.165) is 23.9 Å². The fraction of sp³-hybridized carbons (Fsp3) is 0.692. The van der Waals surface area contributed by atoms with E-state index >= 15 is 0 Å². The Kier molecular flexibility index (Phi) is 5.11. The predicted octanol–water partition coefficient (Wildman–Crippen LogP) is 1.77. The van der Waals surface area contributed by atoms with Crippen molar-refractivity contribution >= 4 is 11.7 Å². The minimum absolute atomic E-state index is 0.0994. The number of hydrogen-bond donors (Lipinski definition) is 2. The van der Waals surface area contributed by atoms with Crippen LogP contribution in [0.15, 0.2) is 12.4 Å². The molecule has 6 nitrogen and oxygen atoms in total. The van der Waals surface area contributed by atoms with Gasteiger partial charge in [-0.3, -0.25) is 4.68 Å². The Morgan fingerprint density at radius 3 is 3.00 bits per heavy atom. The highest BCUT2D eigenvalue weighted by Gasteiger charge is 2.27. The smallest absolute Gasteiger partial charge is 0.321 e. The average molecular weight is 302 g/mol. The first-order chi connectivity index (χ1) is 9.95. The molecule has 0 aromatic carbocycles. The Morgan fingerprint density at radius 2 is 2.38 bits per heavy atom. The van der Waals surface area contributed by atoms with Gasteiger partial charge >= 0.3 is 6.03 Å². The lowest BCUT2D eigenvalue weighted by molar-refractivity contribution is 0.116. The van der Waals surface area contributed by atoms with Gasteiger partial charge in [-0.2, -0.15) is 5.10 Å². The molecule has 1 aliphatic rings. The summed E-state index contributed by atoms with van der Waals surface area (Å²) in [6.07, 6.45) is 2.52. The van der Waals surface area contributed by atoms with Gasteiger partial charge in [-0.05, 0) is 12.8 Å². The normalized spacial score (nSPS) is 21.8. The highest BCUT2D eigenvalue weighted by molar-refractivity contribution is 5.88. The van der Waals surface area contributed by atoms with E-state index in [4.69, 9.17) is 0 Å². The number of nitrogens with one attached hydrogen (secondary N) is 1. The third-order valence-corrected chi connectivity index (χ3v) is 3.68. The second-order valence-electron chi connectivity index (χ2n) is 5.41. The van der Waals surface area contributed by atoms with E-state index in [1.807, 2.05) is 0 Å². The first kappa shape index (κ1) is 15.7. The van der Waals surface area contributed by atoms with Crippen molar-refractivity contribution in [2.45, 2.75) is 38.3 Å². The third kappa shape index (κ3) is 4.38. The molecule has 0 saturated heterocycles. The van der Waals surface area contributed by atoms with Crippen molar-refractivity contribution in [1.82, 2.24) is 14.7 Å². The number of alkyl halides is 2. The van der Waals surface area contributed by atoms with Gasteiger partial charge in [0.25, 0.3) is 6.43 Å². The molecule has 1 fully saturated rings. The van der Waals surface area contributed by atoms with Gasteiger partial charge in [0.1, 0.15) is 6.54 Å². The molecule has 1 aromatic rings. The molecule has 0 spiro atoms. The summed E-state index contributed by atoms with van der Waals surface area (Å²) in [7, 11) is 1.64. The van der Waals surface area contributed by atoms with Gasteiger partial charge in [-0.15, -0.1) is 0 Å². The van der Waals surface area contributed by atoms with Crippen LogP contribution >= 0.6 is 0 Å². The van der Waals surface area contributed by atoms with Crippen LogP contribution in [0.3, 0.4) is 0 Å². The van der Waals surface area contributed by atoms with Crippen LogP contribution in [0.5, 0.6) is 0 Å². The summed E-state index contributed by atoms with van der Waals surface area (Å²) in [6.45, 7) is -0.0296. The van der Waals surface area contributed by atoms with Crippen LogP contribution in [0.1, 0.15) is 19.3 Å². The number of urea groups is 1. The summed E-state index contributed by atoms with van der Waals surface area (Å²) in [5.41, 5.74) is 0.375. The lowest BCUT2D eigenvalue weighted by Crippen LogP contribution is -2.37. The van der Waals surface area contributed by atoms with E-state index in [0.29, 0.717) is 12.2 Å². The zero-order chi connectivity index (χ0) is 15.4. The summed E-state index contributed by atoms with van der Waals surface area (Å²) in [4.78, 5) is 13.5. The number of anilines is 1. The standard InChI is InChI=1S/C13H20F2N4O2/c1-18(6-9-3-2-4-11(9)20)13(21)17-10-5-16-19(7-10)8-12(14)15/h5,7,9,11-12,20H,2-4,6,8H2,1H3,(H,17,21). The summed E-state index contributed by atoms with van der Waals surface area (Å²) < 4.78 is 25.5. The number of aromatic nitrogens is 2. The van der Waals surface area contributed by atoms with E-state index in [1.54, 1.807) is 7.05 Å². The molecule has 0 radical (unpaired) electrons. The second kappa shape index (κ2) is 6.84. The highest BCUT2D eigenvalue weighted by Crippen LogP contribution is 2.26. The van der Waals surface area contributed by atoms with Crippen LogP contribution in [-0.4, -0.2) is 51.9 Å². The van der Waals surface area contributed by atoms with E-state index in [1.165, 1.54) is 17.3 Å². The van der Waals surface area contributed by atoms with Gasteiger partial charge in [0.2, 0.25) is 0 Å². The molecule has 1 saturated carbocycles. The first-order valence-corrected chi connectivity index (χ1v) is 6.96. The number of rotatable bonds is 5. The molecule has 118 valence electrons. The van der Waals surface area contributed by atoms with Crippen molar-refractivity contribution in [3.8, 4) is 0 Å². The number of amides is 2. The largest absolute Gasteiger partial charge is 0.393 e. The summed E-state index contributed by atoms with van der Waals surface area (Å²) in [6, 6.07) is -0.342. The van der Waals surface area contributed by atoms with Crippen LogP contribution in [0, 0.1) is 5.92 Å². The van der Waals surface area contributed by atoms with Crippen molar-refractivity contribution in [1.29, 1.82) is 0 Å². The Balaban J connectivity index is 1.84. The molecule has 1 heterocycles. The molecule has 8 heteroatoms. The number of aliphatic hydroxyl groups excluding tert-OH is 1. The Labute approximate surface area is 121 Å². The minimum atomic E-state index is -2.49. The molecular formula is C13H20F2N4O2. The molecule has 21 heavy (non-hydrogen) atoms. The van der Waals surface area contributed by atoms with E-state index in [9.17, 15) is 18.7 Å². The van der Waals surface area contributed by atoms with Gasteiger partial charge in [-0.1, -0.05) is 6.42 Å². The van der Waals surface area contributed by atoms with Crippen molar-refractivity contribution in [3.05, 3.63) is 12.4 Å². The third-order valence-electron chi connectivity index (χ3n) is 3.68. The van der Waals surface area contributed by atoms with Crippen LogP contribution < -0.4 is 5.32 Å². The monoisotopic (exact) mass is 302 g/mol. The molecule has 2 unspecified atom stereocenters. The Morgan fingerprint density at radius 1 is 1.62 bits per heavy atom. The lowest BCUT2D eigenvalue weighted by Gasteiger charge is -2.23. The summed E-state index contributed by atoms with van der Waals surface area (Å²) in [5.74, 6) is 0.0994. The molecule has 1 aliphatic carbocycles. The maximum atomic E-state index is 12.2. The zero-order valence-electron chi connectivity index (χ0n) is 11.9. The Hall–Kier alpha value is -1.70. The van der Waals surface area contributed by atoms with E-state index < -0.39 is 13.0 Å². The van der Waals surface area contributed by atoms with Crippen LogP contribution in [-0.2, 0) is 6.54 Å². The van der Waals surface area contributed by atoms with Crippen molar-refractivity contribution in [2.75, 3.05) is 18.9 Å². The molecule has 1 aromatic heterocycles. The second-order valence-corrected chi connectivity index (χ2v) is 5.41. The first-order valence-electron chi connectivity index (χ1n) is 6.96. The van der Waals surface area contributed by atoms with Crippen LogP contribution in [0.25, 0.3) is 0 Å². The number of carbonyl (C=O) groups is 1. The lowest BCUT2D eigenvalue weighted by atomic mass is 10.1. The van der Waals surface area contributed by atoms with Crippen molar-refractivity contribution < 1.29 is 18.7 Å². The molecule has 2 amide bonds. The SMILES string of the molecule is CN(CC1CCCC1O)C(=O)Nc1cnn(CC(F)F)c1. The van der Waals surface area contributed by atoms with Gasteiger partial charge in [0.05, 0.1) is 18.0 Å². The maximum Gasteiger partial charge on any atom is 0.321 e. The predicted molar refractivity (Wildman–Crippen MR) is 73.2 cm³/mol. The van der Waals surface area contributed by atoms with Gasteiger partial charge in [-0.25, -0.2) is 13.6 Å². The van der Waals surface area contributed by atoms with Gasteiger partial charge in [0.15, 0.2) is 0 Å². The molecular weight excluding hydrogens is 282 g/mol. The fourth-order valence-electron chi connectivity index (χ4n) is 2.55. The van der Waals surface area contributed by atoms with E-state index in [-0.39, 0.29) is 18.1 Å². The number of nitrogens with zero attached hydrogens (tertiary/aromatic N) is 3. The summed E-state index contributed by atoms with van der Waals surface area (Å²) in [5, 5.41) is 16.1. The summed E-state index contributed by atoms with van der Waals surface area (Å²) >= 11 is 0. The molecule has 2 atom stereocenters. The minimum Gasteiger partial charge on any atom is -0.393 e. The number of halogens is 2. The maximum absolute atomic E-state index is 12.2. The molecule has 2 rings (SSSR count). The van der Waals surface area contributed by atoms with Crippen LogP contribution in [0.2, 0.25) is 0 Å². The average Bonchev–Trinajstić information content (AvgIpc) is 2.99. The van der Waals surface area contributed by atoms with Crippen molar-refractivity contribution in [3.63, 3.8) is 0 Å². The topological polar surface area (TPSA) is 70.4 Å². The van der Waals surface area contributed by atoms with Crippen LogP contribution in [0.4, 0.5) is 19.3 Å².